The van der Waals surface area contributed by atoms with Gasteiger partial charge >= 0.3 is 6.18 Å². The van der Waals surface area contributed by atoms with Crippen LogP contribution in [0.1, 0.15) is 10.4 Å². The molecule has 0 saturated heterocycles. The van der Waals surface area contributed by atoms with Crippen molar-refractivity contribution < 1.29 is 32.2 Å². The number of ether oxygens (including phenoxy) is 3. The highest BCUT2D eigenvalue weighted by Gasteiger charge is 2.29. The fourth-order valence-corrected chi connectivity index (χ4v) is 3.37. The summed E-state index contributed by atoms with van der Waals surface area (Å²) in [5, 5.41) is 4.43. The summed E-state index contributed by atoms with van der Waals surface area (Å²) in [7, 11) is 3.05. The maximum Gasteiger partial charge on any atom is 0.422 e. The second-order valence-electron chi connectivity index (χ2n) is 5.98. The Morgan fingerprint density at radius 2 is 1.94 bits per heavy atom. The summed E-state index contributed by atoms with van der Waals surface area (Å²) in [6, 6.07) is 6.45. The van der Waals surface area contributed by atoms with Gasteiger partial charge in [0.25, 0.3) is 5.91 Å². The monoisotopic (exact) mass is 473 g/mol. The van der Waals surface area contributed by atoms with Crippen LogP contribution < -0.4 is 19.5 Å². The summed E-state index contributed by atoms with van der Waals surface area (Å²) in [6.07, 6.45) is -3.46. The number of thiazole rings is 1. The van der Waals surface area contributed by atoms with Crippen LogP contribution in [0.3, 0.4) is 0 Å². The number of carbonyl (C=O) groups excluding carboxylic acids is 1. The molecule has 2 heterocycles. The molecule has 0 spiro atoms. The molecule has 0 aliphatic heterocycles. The van der Waals surface area contributed by atoms with E-state index < -0.39 is 24.6 Å². The Labute approximate surface area is 183 Å². The third-order valence-corrected chi connectivity index (χ3v) is 4.87. The number of alkyl halides is 3. The maximum atomic E-state index is 12.4. The number of benzene rings is 1. The molecule has 7 nitrogen and oxygen atoms in total. The Hall–Kier alpha value is -3.05. The van der Waals surface area contributed by atoms with Crippen molar-refractivity contribution in [1.29, 1.82) is 0 Å². The average molecular weight is 474 g/mol. The van der Waals surface area contributed by atoms with Crippen molar-refractivity contribution in [2.45, 2.75) is 6.18 Å². The molecule has 0 aliphatic rings. The molecule has 0 radical (unpaired) electrons. The summed E-state index contributed by atoms with van der Waals surface area (Å²) < 4.78 is 51.7. The quantitative estimate of drug-likeness (QED) is 0.516. The molecular formula is C19H15ClF3N3O4S. The predicted molar refractivity (Wildman–Crippen MR) is 109 cm³/mol. The molecular weight excluding hydrogens is 459 g/mol. The average Bonchev–Trinajstić information content (AvgIpc) is 3.20. The first kappa shape index (κ1) is 22.6. The lowest BCUT2D eigenvalue weighted by atomic mass is 10.1. The largest absolute Gasteiger partial charge is 0.493 e. The van der Waals surface area contributed by atoms with E-state index in [0.29, 0.717) is 22.3 Å². The van der Waals surface area contributed by atoms with Crippen molar-refractivity contribution in [3.8, 4) is 28.6 Å². The molecule has 1 N–H and O–H groups in total. The number of rotatable bonds is 7. The van der Waals surface area contributed by atoms with Gasteiger partial charge in [-0.05, 0) is 24.3 Å². The van der Waals surface area contributed by atoms with Crippen LogP contribution in [0.2, 0.25) is 5.02 Å². The molecule has 2 aromatic heterocycles. The molecule has 3 aromatic rings. The minimum Gasteiger partial charge on any atom is -0.493 e. The Morgan fingerprint density at radius 1 is 1.19 bits per heavy atom. The number of hydrogen-bond acceptors (Lipinski definition) is 7. The Morgan fingerprint density at radius 3 is 2.58 bits per heavy atom. The number of aromatic nitrogens is 2. The van der Waals surface area contributed by atoms with Gasteiger partial charge in [0, 0.05) is 17.1 Å². The molecule has 164 valence electrons. The number of nitrogens with zero attached hydrogens (tertiary/aromatic N) is 2. The first-order chi connectivity index (χ1) is 14.7. The molecule has 0 fully saturated rings. The van der Waals surface area contributed by atoms with Gasteiger partial charge in [-0.15, -0.1) is 11.3 Å². The topological polar surface area (TPSA) is 82.6 Å². The number of amides is 1. The number of halogens is 4. The van der Waals surface area contributed by atoms with E-state index in [1.165, 1.54) is 31.6 Å². The smallest absolute Gasteiger partial charge is 0.422 e. The van der Waals surface area contributed by atoms with E-state index in [2.05, 4.69) is 20.0 Å². The Balaban J connectivity index is 1.71. The third-order valence-electron chi connectivity index (χ3n) is 3.85. The van der Waals surface area contributed by atoms with Crippen molar-refractivity contribution in [2.75, 3.05) is 26.1 Å². The highest BCUT2D eigenvalue weighted by molar-refractivity contribution is 7.14. The molecule has 0 saturated carbocycles. The molecule has 3 rings (SSSR count). The van der Waals surface area contributed by atoms with Gasteiger partial charge in [-0.1, -0.05) is 11.6 Å². The zero-order valence-electron chi connectivity index (χ0n) is 16.1. The number of anilines is 1. The van der Waals surface area contributed by atoms with Crippen molar-refractivity contribution >= 4 is 34.0 Å². The highest BCUT2D eigenvalue weighted by atomic mass is 35.5. The molecule has 1 amide bonds. The zero-order chi connectivity index (χ0) is 22.6. The summed E-state index contributed by atoms with van der Waals surface area (Å²) in [6.45, 7) is -1.54. The molecule has 1 aromatic carbocycles. The van der Waals surface area contributed by atoms with Crippen LogP contribution in [0.4, 0.5) is 18.3 Å². The number of methoxy groups -OCH3 is 2. The number of hydrogen-bond donors (Lipinski definition) is 1. The lowest BCUT2D eigenvalue weighted by Gasteiger charge is -2.10. The van der Waals surface area contributed by atoms with E-state index in [1.54, 1.807) is 23.6 Å². The van der Waals surface area contributed by atoms with Gasteiger partial charge in [-0.25, -0.2) is 9.97 Å². The molecule has 0 aliphatic carbocycles. The van der Waals surface area contributed by atoms with Crippen molar-refractivity contribution in [3.05, 3.63) is 46.4 Å². The second kappa shape index (κ2) is 9.40. The minimum absolute atomic E-state index is 0.0345. The van der Waals surface area contributed by atoms with Crippen LogP contribution in [-0.4, -0.2) is 42.9 Å². The zero-order valence-corrected chi connectivity index (χ0v) is 17.7. The van der Waals surface area contributed by atoms with Crippen LogP contribution in [0, 0.1) is 0 Å². The molecule has 0 unspecified atom stereocenters. The van der Waals surface area contributed by atoms with Gasteiger partial charge in [0.15, 0.2) is 23.2 Å². The molecule has 31 heavy (non-hydrogen) atoms. The number of pyridine rings is 1. The SMILES string of the molecule is COc1ccc(-c2csc(NC(=O)c3cnc(OCC(F)(F)F)c(Cl)c3)n2)cc1OC. The summed E-state index contributed by atoms with van der Waals surface area (Å²) in [4.78, 5) is 20.5. The van der Waals surface area contributed by atoms with Gasteiger partial charge in [0.05, 0.1) is 25.5 Å². The summed E-state index contributed by atoms with van der Waals surface area (Å²) in [5.41, 5.74) is 1.39. The fourth-order valence-electron chi connectivity index (χ4n) is 2.43. The highest BCUT2D eigenvalue weighted by Crippen LogP contribution is 2.33. The first-order valence-corrected chi connectivity index (χ1v) is 9.80. The number of carbonyl (C=O) groups is 1. The third kappa shape index (κ3) is 5.76. The van der Waals surface area contributed by atoms with Gasteiger partial charge in [0.2, 0.25) is 5.88 Å². The van der Waals surface area contributed by atoms with E-state index in [4.69, 9.17) is 21.1 Å². The van der Waals surface area contributed by atoms with Gasteiger partial charge < -0.3 is 14.2 Å². The van der Waals surface area contributed by atoms with E-state index in [1.807, 2.05) is 0 Å². The molecule has 12 heteroatoms. The van der Waals surface area contributed by atoms with Crippen molar-refractivity contribution in [1.82, 2.24) is 9.97 Å². The lowest BCUT2D eigenvalue weighted by Crippen LogP contribution is -2.20. The fraction of sp³-hybridized carbons (Fsp3) is 0.211. The van der Waals surface area contributed by atoms with Crippen molar-refractivity contribution in [2.24, 2.45) is 0 Å². The van der Waals surface area contributed by atoms with Gasteiger partial charge in [-0.3, -0.25) is 10.1 Å². The van der Waals surface area contributed by atoms with Crippen LogP contribution in [0.5, 0.6) is 17.4 Å². The van der Waals surface area contributed by atoms with E-state index >= 15 is 0 Å². The van der Waals surface area contributed by atoms with Crippen LogP contribution in [-0.2, 0) is 0 Å². The van der Waals surface area contributed by atoms with E-state index in [0.717, 1.165) is 11.8 Å². The standard InChI is InChI=1S/C19H15ClF3N3O4S/c1-28-14-4-3-10(6-15(14)29-2)13-8-31-18(25-13)26-16(27)11-5-12(20)17(24-7-11)30-9-19(21,22)23/h3-8H,9H2,1-2H3,(H,25,26,27). The van der Waals surface area contributed by atoms with Crippen molar-refractivity contribution in [3.63, 3.8) is 0 Å². The molecule has 0 atom stereocenters. The lowest BCUT2D eigenvalue weighted by molar-refractivity contribution is -0.154. The van der Waals surface area contributed by atoms with E-state index in [9.17, 15) is 18.0 Å². The summed E-state index contributed by atoms with van der Waals surface area (Å²) in [5.74, 6) is 0.111. The maximum absolute atomic E-state index is 12.4. The van der Waals surface area contributed by atoms with Crippen LogP contribution in [0.25, 0.3) is 11.3 Å². The Bertz CT molecular complexity index is 1090. The summed E-state index contributed by atoms with van der Waals surface area (Å²) >= 11 is 7.06. The van der Waals surface area contributed by atoms with Crippen LogP contribution >= 0.6 is 22.9 Å². The second-order valence-corrected chi connectivity index (χ2v) is 7.24. The first-order valence-electron chi connectivity index (χ1n) is 8.54. The number of nitrogens with one attached hydrogen (secondary N) is 1. The normalized spacial score (nSPS) is 11.2. The van der Waals surface area contributed by atoms with Crippen LogP contribution in [0.15, 0.2) is 35.8 Å². The minimum atomic E-state index is -4.53. The molecule has 0 bridgehead atoms. The van der Waals surface area contributed by atoms with E-state index in [-0.39, 0.29) is 10.6 Å². The van der Waals surface area contributed by atoms with Gasteiger partial charge in [-0.2, -0.15) is 13.2 Å². The predicted octanol–water partition coefficient (Wildman–Crippen LogP) is 5.07. The van der Waals surface area contributed by atoms with Gasteiger partial charge in [0.1, 0.15) is 5.02 Å². The Kier molecular flexibility index (Phi) is 6.86.